The van der Waals surface area contributed by atoms with E-state index in [4.69, 9.17) is 4.42 Å². The molecule has 2 heterocycles. The first-order valence-electron chi connectivity index (χ1n) is 18.6. The number of furan rings is 1. The molecule has 8 aromatic carbocycles. The molecule has 0 aliphatic rings. The fourth-order valence-electron chi connectivity index (χ4n) is 8.38. The van der Waals surface area contributed by atoms with Crippen LogP contribution in [-0.2, 0) is 0 Å². The van der Waals surface area contributed by atoms with Crippen LogP contribution in [-0.4, -0.2) is 4.57 Å². The molecule has 0 saturated carbocycles. The number of para-hydroxylation sites is 3. The summed E-state index contributed by atoms with van der Waals surface area (Å²) in [6.07, 6.45) is 0. The van der Waals surface area contributed by atoms with Crippen LogP contribution < -0.4 is 4.90 Å². The fourth-order valence-corrected chi connectivity index (χ4v) is 8.38. The maximum Gasteiger partial charge on any atom is 0.145 e. The Morgan fingerprint density at radius 2 is 1.13 bits per heavy atom. The van der Waals surface area contributed by atoms with Crippen molar-refractivity contribution in [2.75, 3.05) is 4.90 Å². The average Bonchev–Trinajstić information content (AvgIpc) is 3.76. The first-order valence-corrected chi connectivity index (χ1v) is 18.6. The molecule has 0 spiro atoms. The first kappa shape index (κ1) is 31.9. The molecule has 0 aliphatic heterocycles. The summed E-state index contributed by atoms with van der Waals surface area (Å²) in [7, 11) is 0. The Kier molecular flexibility index (Phi) is 7.48. The van der Waals surface area contributed by atoms with Gasteiger partial charge in [0.1, 0.15) is 11.2 Å². The third-order valence-electron chi connectivity index (χ3n) is 10.9. The maximum atomic E-state index is 6.89. The summed E-state index contributed by atoms with van der Waals surface area (Å²) < 4.78 is 9.27. The van der Waals surface area contributed by atoms with Gasteiger partial charge in [-0.05, 0) is 121 Å². The molecule has 0 atom stereocenters. The van der Waals surface area contributed by atoms with E-state index in [1.165, 1.54) is 49.6 Å². The monoisotopic (exact) mass is 694 g/mol. The second-order valence-electron chi connectivity index (χ2n) is 14.3. The topological polar surface area (TPSA) is 21.3 Å². The molecule has 2 aromatic heterocycles. The molecule has 10 rings (SSSR count). The van der Waals surface area contributed by atoms with Gasteiger partial charge in [0.2, 0.25) is 0 Å². The van der Waals surface area contributed by atoms with E-state index in [1.54, 1.807) is 0 Å². The van der Waals surface area contributed by atoms with Gasteiger partial charge >= 0.3 is 0 Å². The van der Waals surface area contributed by atoms with Gasteiger partial charge in [0, 0.05) is 38.8 Å². The van der Waals surface area contributed by atoms with E-state index in [9.17, 15) is 0 Å². The molecule has 0 unspecified atom stereocenters. The standard InChI is InChI=1S/C51H38N2O/c1-33-15-13-19-38(29-33)53(48-31-34(2)44(30-35(48)3)36-16-5-4-6-17-36)47-28-27-40(51-50(47)43-23-9-12-26-49(43)54-51)37-18-14-20-39(32-37)52-45-24-10-7-21-41(45)42-22-8-11-25-46(42)52/h4-32H,1-3H3. The van der Waals surface area contributed by atoms with Crippen molar-refractivity contribution in [1.29, 1.82) is 0 Å². The number of hydrogen-bond acceptors (Lipinski definition) is 2. The summed E-state index contributed by atoms with van der Waals surface area (Å²) in [6, 6.07) is 63.3. The third kappa shape index (κ3) is 5.12. The number of hydrogen-bond donors (Lipinski definition) is 0. The lowest BCUT2D eigenvalue weighted by Crippen LogP contribution is -2.12. The highest BCUT2D eigenvalue weighted by Crippen LogP contribution is 2.48. The van der Waals surface area contributed by atoms with E-state index < -0.39 is 0 Å². The number of aryl methyl sites for hydroxylation is 3. The van der Waals surface area contributed by atoms with Gasteiger partial charge in [0.15, 0.2) is 0 Å². The number of anilines is 3. The van der Waals surface area contributed by atoms with Crippen molar-refractivity contribution in [1.82, 2.24) is 4.57 Å². The van der Waals surface area contributed by atoms with Crippen LogP contribution in [0.4, 0.5) is 17.1 Å². The lowest BCUT2D eigenvalue weighted by atomic mass is 9.95. The Morgan fingerprint density at radius 3 is 1.89 bits per heavy atom. The van der Waals surface area contributed by atoms with Gasteiger partial charge in [0.05, 0.1) is 22.1 Å². The molecule has 0 bridgehead atoms. The van der Waals surface area contributed by atoms with E-state index >= 15 is 0 Å². The Labute approximate surface area is 315 Å². The number of fused-ring (bicyclic) bond motifs is 6. The summed E-state index contributed by atoms with van der Waals surface area (Å²) in [4.78, 5) is 2.42. The van der Waals surface area contributed by atoms with Crippen LogP contribution in [0.15, 0.2) is 180 Å². The molecule has 3 heteroatoms. The zero-order chi connectivity index (χ0) is 36.3. The van der Waals surface area contributed by atoms with Crippen LogP contribution >= 0.6 is 0 Å². The molecule has 0 fully saturated rings. The van der Waals surface area contributed by atoms with Crippen molar-refractivity contribution in [3.8, 4) is 27.9 Å². The van der Waals surface area contributed by atoms with Crippen LogP contribution in [0.25, 0.3) is 71.7 Å². The van der Waals surface area contributed by atoms with Crippen LogP contribution in [0.1, 0.15) is 16.7 Å². The molecule has 0 aliphatic carbocycles. The summed E-state index contributed by atoms with van der Waals surface area (Å²) in [5.41, 5.74) is 16.9. The maximum absolute atomic E-state index is 6.89. The Morgan fingerprint density at radius 1 is 0.463 bits per heavy atom. The van der Waals surface area contributed by atoms with Gasteiger partial charge in [-0.1, -0.05) is 109 Å². The van der Waals surface area contributed by atoms with Gasteiger partial charge in [-0.25, -0.2) is 0 Å². The van der Waals surface area contributed by atoms with Crippen molar-refractivity contribution >= 4 is 60.8 Å². The highest BCUT2D eigenvalue weighted by Gasteiger charge is 2.24. The largest absolute Gasteiger partial charge is 0.455 e. The lowest BCUT2D eigenvalue weighted by molar-refractivity contribution is 0.670. The minimum atomic E-state index is 0.872. The molecule has 3 nitrogen and oxygen atoms in total. The van der Waals surface area contributed by atoms with E-state index in [1.807, 2.05) is 0 Å². The molecular weight excluding hydrogens is 657 g/mol. The third-order valence-corrected chi connectivity index (χ3v) is 10.9. The minimum absolute atomic E-state index is 0.872. The van der Waals surface area contributed by atoms with Gasteiger partial charge in [-0.15, -0.1) is 0 Å². The molecular formula is C51H38N2O. The molecule has 0 radical (unpaired) electrons. The van der Waals surface area contributed by atoms with Crippen LogP contribution in [0, 0.1) is 20.8 Å². The molecule has 0 N–H and O–H groups in total. The van der Waals surface area contributed by atoms with Crippen LogP contribution in [0.2, 0.25) is 0 Å². The number of aromatic nitrogens is 1. The molecule has 0 amide bonds. The molecule has 0 saturated heterocycles. The minimum Gasteiger partial charge on any atom is -0.455 e. The van der Waals surface area contributed by atoms with E-state index in [-0.39, 0.29) is 0 Å². The van der Waals surface area contributed by atoms with E-state index in [0.29, 0.717) is 0 Å². The number of nitrogens with zero attached hydrogens (tertiary/aromatic N) is 2. The first-order chi connectivity index (χ1) is 26.5. The summed E-state index contributed by atoms with van der Waals surface area (Å²) in [5.74, 6) is 0. The lowest BCUT2D eigenvalue weighted by Gasteiger charge is -2.29. The number of benzene rings is 8. The van der Waals surface area contributed by atoms with Crippen molar-refractivity contribution in [2.24, 2.45) is 0 Å². The fraction of sp³-hybridized carbons (Fsp3) is 0.0588. The summed E-state index contributed by atoms with van der Waals surface area (Å²) >= 11 is 0. The SMILES string of the molecule is Cc1cccc(N(c2cc(C)c(-c3ccccc3)cc2C)c2ccc(-c3cccc(-n4c5ccccc5c5ccccc54)c3)c3oc4ccccc4c23)c1. The quantitative estimate of drug-likeness (QED) is 0.173. The number of rotatable bonds is 6. The second-order valence-corrected chi connectivity index (χ2v) is 14.3. The van der Waals surface area contributed by atoms with Crippen LogP contribution in [0.5, 0.6) is 0 Å². The van der Waals surface area contributed by atoms with Crippen LogP contribution in [0.3, 0.4) is 0 Å². The zero-order valence-electron chi connectivity index (χ0n) is 30.5. The average molecular weight is 695 g/mol. The van der Waals surface area contributed by atoms with Crippen molar-refractivity contribution in [3.63, 3.8) is 0 Å². The predicted molar refractivity (Wildman–Crippen MR) is 228 cm³/mol. The summed E-state index contributed by atoms with van der Waals surface area (Å²) in [6.45, 7) is 6.60. The van der Waals surface area contributed by atoms with Crippen molar-refractivity contribution < 1.29 is 4.42 Å². The molecule has 258 valence electrons. The molecule has 54 heavy (non-hydrogen) atoms. The van der Waals surface area contributed by atoms with E-state index in [0.717, 1.165) is 55.8 Å². The van der Waals surface area contributed by atoms with Gasteiger partial charge in [-0.2, -0.15) is 0 Å². The second kappa shape index (κ2) is 12.7. The summed E-state index contributed by atoms with van der Waals surface area (Å²) in [5, 5.41) is 4.69. The highest BCUT2D eigenvalue weighted by molar-refractivity contribution is 6.17. The Balaban J connectivity index is 1.21. The van der Waals surface area contributed by atoms with Crippen molar-refractivity contribution in [2.45, 2.75) is 20.8 Å². The smallest absolute Gasteiger partial charge is 0.145 e. The van der Waals surface area contributed by atoms with Crippen molar-refractivity contribution in [3.05, 3.63) is 193 Å². The molecule has 10 aromatic rings. The Hall–Kier alpha value is -6.84. The van der Waals surface area contributed by atoms with Gasteiger partial charge in [0.25, 0.3) is 0 Å². The Bertz CT molecular complexity index is 2980. The zero-order valence-corrected chi connectivity index (χ0v) is 30.5. The van der Waals surface area contributed by atoms with Gasteiger partial charge < -0.3 is 13.9 Å². The van der Waals surface area contributed by atoms with Gasteiger partial charge in [-0.3, -0.25) is 0 Å². The normalized spacial score (nSPS) is 11.6. The highest BCUT2D eigenvalue weighted by atomic mass is 16.3. The van der Waals surface area contributed by atoms with E-state index in [2.05, 4.69) is 206 Å². The predicted octanol–water partition coefficient (Wildman–Crippen LogP) is 14.4.